The number of alkyl halides is 1. The topological polar surface area (TPSA) is 43.1 Å². The summed E-state index contributed by atoms with van der Waals surface area (Å²) in [5.41, 5.74) is 1.29. The summed E-state index contributed by atoms with van der Waals surface area (Å²) in [5, 5.41) is 10.5. The summed E-state index contributed by atoms with van der Waals surface area (Å²) >= 11 is 9.55. The monoisotopic (exact) mass is 357 g/mol. The van der Waals surface area contributed by atoms with Crippen molar-refractivity contribution in [1.29, 1.82) is 0 Å². The lowest BCUT2D eigenvalue weighted by Gasteiger charge is -2.12. The molecule has 0 bridgehead atoms. The Hall–Kier alpha value is -1.46. The summed E-state index contributed by atoms with van der Waals surface area (Å²) in [5.74, 6) is -0.366. The van der Waals surface area contributed by atoms with Gasteiger partial charge >= 0.3 is 0 Å². The van der Waals surface area contributed by atoms with Crippen LogP contribution < -0.4 is 0 Å². The first-order valence-corrected chi connectivity index (χ1v) is 7.03. The quantitative estimate of drug-likeness (QED) is 0.437. The minimum Gasteiger partial charge on any atom is -0.258 e. The summed E-state index contributed by atoms with van der Waals surface area (Å²) < 4.78 is 13.6. The Morgan fingerprint density at radius 2 is 2.00 bits per heavy atom. The summed E-state index contributed by atoms with van der Waals surface area (Å²) in [6, 6.07) is 10.7. The summed E-state index contributed by atoms with van der Waals surface area (Å²) in [7, 11) is 0. The first kappa shape index (κ1) is 14.9. The van der Waals surface area contributed by atoms with E-state index in [0.29, 0.717) is 22.0 Å². The molecule has 0 aliphatic heterocycles. The van der Waals surface area contributed by atoms with Crippen LogP contribution in [0.2, 0.25) is 0 Å². The van der Waals surface area contributed by atoms with Crippen molar-refractivity contribution in [2.24, 2.45) is 0 Å². The predicted molar refractivity (Wildman–Crippen MR) is 79.5 cm³/mol. The van der Waals surface area contributed by atoms with Gasteiger partial charge in [0, 0.05) is 16.1 Å². The van der Waals surface area contributed by atoms with Gasteiger partial charge in [-0.3, -0.25) is 10.1 Å². The lowest BCUT2D eigenvalue weighted by atomic mass is 10.0. The molecule has 2 aromatic carbocycles. The highest BCUT2D eigenvalue weighted by molar-refractivity contribution is 9.10. The molecule has 1 unspecified atom stereocenters. The van der Waals surface area contributed by atoms with Crippen molar-refractivity contribution in [3.8, 4) is 0 Å². The second-order valence-electron chi connectivity index (χ2n) is 4.22. The summed E-state index contributed by atoms with van der Waals surface area (Å²) in [6.07, 6.45) is 0.295. The highest BCUT2D eigenvalue weighted by Gasteiger charge is 2.19. The fourth-order valence-corrected chi connectivity index (χ4v) is 3.04. The SMILES string of the molecule is O=[N+]([O-])c1ccccc1CC(Cl)c1ccc(F)cc1Br. The molecule has 3 nitrogen and oxygen atoms in total. The van der Waals surface area contributed by atoms with Gasteiger partial charge in [-0.2, -0.15) is 0 Å². The molecule has 2 aromatic rings. The van der Waals surface area contributed by atoms with Gasteiger partial charge in [-0.1, -0.05) is 40.2 Å². The van der Waals surface area contributed by atoms with Gasteiger partial charge in [0.25, 0.3) is 5.69 Å². The highest BCUT2D eigenvalue weighted by atomic mass is 79.9. The van der Waals surface area contributed by atoms with E-state index in [9.17, 15) is 14.5 Å². The maximum Gasteiger partial charge on any atom is 0.272 e. The van der Waals surface area contributed by atoms with Crippen molar-refractivity contribution in [2.75, 3.05) is 0 Å². The number of para-hydroxylation sites is 1. The van der Waals surface area contributed by atoms with Crippen LogP contribution in [-0.2, 0) is 6.42 Å². The van der Waals surface area contributed by atoms with Gasteiger partial charge < -0.3 is 0 Å². The maximum atomic E-state index is 13.0. The van der Waals surface area contributed by atoms with E-state index in [2.05, 4.69) is 15.9 Å². The molecule has 0 aromatic heterocycles. The molecule has 1 atom stereocenters. The van der Waals surface area contributed by atoms with Crippen molar-refractivity contribution < 1.29 is 9.31 Å². The van der Waals surface area contributed by atoms with Gasteiger partial charge in [0.2, 0.25) is 0 Å². The van der Waals surface area contributed by atoms with E-state index >= 15 is 0 Å². The van der Waals surface area contributed by atoms with Crippen molar-refractivity contribution >= 4 is 33.2 Å². The van der Waals surface area contributed by atoms with E-state index in [1.165, 1.54) is 18.2 Å². The molecule has 0 N–H and O–H groups in total. The van der Waals surface area contributed by atoms with Crippen LogP contribution in [0.15, 0.2) is 46.9 Å². The Morgan fingerprint density at radius 3 is 2.65 bits per heavy atom. The second-order valence-corrected chi connectivity index (χ2v) is 5.60. The van der Waals surface area contributed by atoms with Gasteiger partial charge in [0.1, 0.15) is 5.82 Å². The molecule has 20 heavy (non-hydrogen) atoms. The molecule has 2 rings (SSSR count). The Balaban J connectivity index is 2.28. The third-order valence-electron chi connectivity index (χ3n) is 2.89. The van der Waals surface area contributed by atoms with Crippen LogP contribution in [-0.4, -0.2) is 4.92 Å². The molecule has 0 aliphatic rings. The number of hydrogen-bond acceptors (Lipinski definition) is 2. The molecule has 0 amide bonds. The zero-order valence-electron chi connectivity index (χ0n) is 10.2. The smallest absolute Gasteiger partial charge is 0.258 e. The fourth-order valence-electron chi connectivity index (χ4n) is 1.92. The largest absolute Gasteiger partial charge is 0.272 e. The molecule has 0 radical (unpaired) electrons. The molecule has 0 saturated heterocycles. The van der Waals surface area contributed by atoms with Crippen LogP contribution in [0, 0.1) is 15.9 Å². The Labute approximate surface area is 128 Å². The number of halogens is 3. The second kappa shape index (κ2) is 6.33. The van der Waals surface area contributed by atoms with E-state index in [1.807, 2.05) is 0 Å². The Bertz CT molecular complexity index is 651. The normalized spacial score (nSPS) is 12.2. The van der Waals surface area contributed by atoms with Crippen LogP contribution in [0.5, 0.6) is 0 Å². The molecular weight excluding hydrogens is 349 g/mol. The van der Waals surface area contributed by atoms with Gasteiger partial charge in [0.15, 0.2) is 0 Å². The van der Waals surface area contributed by atoms with E-state index in [0.717, 1.165) is 0 Å². The van der Waals surface area contributed by atoms with Crippen LogP contribution in [0.25, 0.3) is 0 Å². The zero-order valence-corrected chi connectivity index (χ0v) is 12.6. The summed E-state index contributed by atoms with van der Waals surface area (Å²) in [6.45, 7) is 0. The lowest BCUT2D eigenvalue weighted by Crippen LogP contribution is -2.01. The van der Waals surface area contributed by atoms with Crippen molar-refractivity contribution in [1.82, 2.24) is 0 Å². The molecule has 0 saturated carbocycles. The molecule has 0 heterocycles. The molecule has 0 aliphatic carbocycles. The molecule has 0 spiro atoms. The fraction of sp³-hybridized carbons (Fsp3) is 0.143. The third kappa shape index (κ3) is 3.35. The standard InChI is InChI=1S/C14H10BrClFNO2/c15-12-8-10(17)5-6-11(12)13(16)7-9-3-1-2-4-14(9)18(19)20/h1-6,8,13H,7H2. The predicted octanol–water partition coefficient (Wildman–Crippen LogP) is 5.02. The molecule has 6 heteroatoms. The van der Waals surface area contributed by atoms with Crippen molar-refractivity contribution in [2.45, 2.75) is 11.8 Å². The number of nitrogens with zero attached hydrogens (tertiary/aromatic N) is 1. The van der Waals surface area contributed by atoms with Crippen LogP contribution in [0.1, 0.15) is 16.5 Å². The van der Waals surface area contributed by atoms with E-state index < -0.39 is 10.3 Å². The van der Waals surface area contributed by atoms with Crippen LogP contribution >= 0.6 is 27.5 Å². The average Bonchev–Trinajstić information content (AvgIpc) is 2.38. The molecular formula is C14H10BrClFNO2. The highest BCUT2D eigenvalue weighted by Crippen LogP contribution is 2.33. The Morgan fingerprint density at radius 1 is 1.30 bits per heavy atom. The lowest BCUT2D eigenvalue weighted by molar-refractivity contribution is -0.385. The molecule has 104 valence electrons. The first-order chi connectivity index (χ1) is 9.49. The van der Waals surface area contributed by atoms with E-state index in [1.54, 1.807) is 24.3 Å². The maximum absolute atomic E-state index is 13.0. The minimum atomic E-state index is -0.480. The molecule has 0 fully saturated rings. The van der Waals surface area contributed by atoms with E-state index in [-0.39, 0.29) is 11.5 Å². The average molecular weight is 359 g/mol. The number of hydrogen-bond donors (Lipinski definition) is 0. The van der Waals surface area contributed by atoms with Gasteiger partial charge in [-0.15, -0.1) is 11.6 Å². The van der Waals surface area contributed by atoms with E-state index in [4.69, 9.17) is 11.6 Å². The third-order valence-corrected chi connectivity index (χ3v) is 3.96. The zero-order chi connectivity index (χ0) is 14.7. The number of nitro benzene ring substituents is 1. The minimum absolute atomic E-state index is 0.0383. The number of benzene rings is 2. The Kier molecular flexibility index (Phi) is 4.73. The van der Waals surface area contributed by atoms with Crippen molar-refractivity contribution in [3.63, 3.8) is 0 Å². The summed E-state index contributed by atoms with van der Waals surface area (Å²) in [4.78, 5) is 10.5. The van der Waals surface area contributed by atoms with Crippen molar-refractivity contribution in [3.05, 3.63) is 74.0 Å². The van der Waals surface area contributed by atoms with Gasteiger partial charge in [0.05, 0.1) is 10.3 Å². The van der Waals surface area contributed by atoms with Crippen LogP contribution in [0.3, 0.4) is 0 Å². The van der Waals surface area contributed by atoms with Gasteiger partial charge in [-0.05, 0) is 24.1 Å². The first-order valence-electron chi connectivity index (χ1n) is 5.80. The number of nitro groups is 1. The van der Waals surface area contributed by atoms with Crippen LogP contribution in [0.4, 0.5) is 10.1 Å². The van der Waals surface area contributed by atoms with Gasteiger partial charge in [-0.25, -0.2) is 4.39 Å². The number of rotatable bonds is 4.